The number of sulfonamides is 1. The minimum absolute atomic E-state index is 0.0896. The molecule has 0 radical (unpaired) electrons. The second kappa shape index (κ2) is 6.87. The van der Waals surface area contributed by atoms with Crippen LogP contribution in [0.25, 0.3) is 0 Å². The number of rotatable bonds is 6. The van der Waals surface area contributed by atoms with Gasteiger partial charge in [0, 0.05) is 29.7 Å². The highest BCUT2D eigenvalue weighted by molar-refractivity contribution is 9.10. The number of carbonyl (C=O) groups is 1. The highest BCUT2D eigenvalue weighted by Gasteiger charge is 2.22. The average molecular weight is 376 g/mol. The van der Waals surface area contributed by atoms with Crippen LogP contribution in [0, 0.1) is 0 Å². The molecule has 1 heterocycles. The van der Waals surface area contributed by atoms with Gasteiger partial charge in [-0.25, -0.2) is 13.1 Å². The van der Waals surface area contributed by atoms with Gasteiger partial charge in [0.1, 0.15) is 0 Å². The summed E-state index contributed by atoms with van der Waals surface area (Å²) in [7, 11) is -3.61. The topological polar surface area (TPSA) is 87.3 Å². The molecule has 0 aromatic heterocycles. The van der Waals surface area contributed by atoms with Gasteiger partial charge in [-0.05, 0) is 46.6 Å². The number of fused-ring (bicyclic) bond motifs is 1. The largest absolute Gasteiger partial charge is 0.326 e. The Labute approximate surface area is 132 Å². The van der Waals surface area contributed by atoms with E-state index in [1.54, 1.807) is 6.07 Å². The number of carbonyl (C=O) groups excluding carboxylic acids is 1. The first-order valence-corrected chi connectivity index (χ1v) is 9.04. The third-order valence-corrected chi connectivity index (χ3v) is 5.61. The highest BCUT2D eigenvalue weighted by Crippen LogP contribution is 2.31. The van der Waals surface area contributed by atoms with Gasteiger partial charge in [0.2, 0.25) is 15.9 Å². The minimum atomic E-state index is -3.61. The molecule has 3 N–H and O–H groups in total. The third-order valence-electron chi connectivity index (χ3n) is 3.19. The third kappa shape index (κ3) is 4.03. The Kier molecular flexibility index (Phi) is 5.37. The fourth-order valence-electron chi connectivity index (χ4n) is 2.11. The zero-order chi connectivity index (χ0) is 15.5. The van der Waals surface area contributed by atoms with E-state index in [-0.39, 0.29) is 10.8 Å². The molecule has 6 nitrogen and oxygen atoms in total. The van der Waals surface area contributed by atoms with Gasteiger partial charge >= 0.3 is 0 Å². The lowest BCUT2D eigenvalue weighted by Crippen LogP contribution is -2.32. The maximum absolute atomic E-state index is 12.3. The first kappa shape index (κ1) is 16.4. The molecule has 0 saturated heterocycles. The van der Waals surface area contributed by atoms with Crippen LogP contribution in [0.3, 0.4) is 0 Å². The summed E-state index contributed by atoms with van der Waals surface area (Å²) in [5.41, 5.74) is 1.51. The fraction of sp³-hybridized carbons (Fsp3) is 0.462. The van der Waals surface area contributed by atoms with E-state index in [1.165, 1.54) is 6.07 Å². The van der Waals surface area contributed by atoms with E-state index in [1.807, 2.05) is 6.92 Å². The van der Waals surface area contributed by atoms with Gasteiger partial charge < -0.3 is 10.6 Å². The number of hydrogen-bond donors (Lipinski definition) is 3. The number of anilines is 1. The smallest absolute Gasteiger partial charge is 0.241 e. The van der Waals surface area contributed by atoms with E-state index in [0.717, 1.165) is 12.1 Å². The number of likely N-dealkylation sites (N-methyl/N-ethyl adjacent to an activating group) is 1. The molecule has 0 spiro atoms. The second-order valence-electron chi connectivity index (χ2n) is 4.74. The van der Waals surface area contributed by atoms with Crippen molar-refractivity contribution in [2.24, 2.45) is 0 Å². The summed E-state index contributed by atoms with van der Waals surface area (Å²) in [6.45, 7) is 3.62. The summed E-state index contributed by atoms with van der Waals surface area (Å²) in [6.07, 6.45) is 1.04. The maximum atomic E-state index is 12.3. The summed E-state index contributed by atoms with van der Waals surface area (Å²) >= 11 is 3.30. The van der Waals surface area contributed by atoms with Crippen molar-refractivity contribution in [1.29, 1.82) is 0 Å². The normalized spacial score (nSPS) is 14.7. The van der Waals surface area contributed by atoms with Crippen molar-refractivity contribution < 1.29 is 13.2 Å². The Balaban J connectivity index is 2.22. The van der Waals surface area contributed by atoms with Gasteiger partial charge in [-0.2, -0.15) is 0 Å². The second-order valence-corrected chi connectivity index (χ2v) is 7.33. The van der Waals surface area contributed by atoms with Crippen molar-refractivity contribution in [2.45, 2.75) is 24.7 Å². The lowest BCUT2D eigenvalue weighted by Gasteiger charge is -2.19. The van der Waals surface area contributed by atoms with E-state index in [2.05, 4.69) is 31.3 Å². The lowest BCUT2D eigenvalue weighted by molar-refractivity contribution is -0.116. The number of halogens is 1. The predicted octanol–water partition coefficient (Wildman–Crippen LogP) is 1.22. The van der Waals surface area contributed by atoms with Gasteiger partial charge in [0.15, 0.2) is 0 Å². The predicted molar refractivity (Wildman–Crippen MR) is 84.8 cm³/mol. The molecule has 0 atom stereocenters. The van der Waals surface area contributed by atoms with Crippen LogP contribution in [-0.2, 0) is 21.2 Å². The van der Waals surface area contributed by atoms with E-state index >= 15 is 0 Å². The zero-order valence-corrected chi connectivity index (χ0v) is 14.1. The first-order chi connectivity index (χ1) is 9.94. The molecule has 1 amide bonds. The molecule has 0 unspecified atom stereocenters. The summed E-state index contributed by atoms with van der Waals surface area (Å²) < 4.78 is 27.6. The van der Waals surface area contributed by atoms with Gasteiger partial charge in [-0.15, -0.1) is 0 Å². The Hall–Kier alpha value is -0.960. The molecule has 1 aliphatic heterocycles. The van der Waals surface area contributed by atoms with Gasteiger partial charge in [0.05, 0.1) is 4.90 Å². The molecule has 0 fully saturated rings. The Morgan fingerprint density at radius 2 is 2.05 bits per heavy atom. The number of hydrogen-bond acceptors (Lipinski definition) is 4. The summed E-state index contributed by atoms with van der Waals surface area (Å²) in [4.78, 5) is 11.6. The van der Waals surface area contributed by atoms with Crippen LogP contribution in [-0.4, -0.2) is 34.0 Å². The minimum Gasteiger partial charge on any atom is -0.326 e. The number of benzene rings is 1. The quantitative estimate of drug-likeness (QED) is 0.652. The number of nitrogens with one attached hydrogen (secondary N) is 3. The molecular formula is C13H18BrN3O3S. The molecule has 0 bridgehead atoms. The van der Waals surface area contributed by atoms with E-state index in [9.17, 15) is 13.2 Å². The van der Waals surface area contributed by atoms with Crippen LogP contribution in [0.15, 0.2) is 21.5 Å². The van der Waals surface area contributed by atoms with E-state index < -0.39 is 10.0 Å². The Bertz CT molecular complexity index is 646. The van der Waals surface area contributed by atoms with Crippen LogP contribution in [0.2, 0.25) is 0 Å². The molecule has 0 saturated carbocycles. The summed E-state index contributed by atoms with van der Waals surface area (Å²) in [5.74, 6) is -0.0896. The van der Waals surface area contributed by atoms with E-state index in [0.29, 0.717) is 36.1 Å². The molecule has 0 aliphatic carbocycles. The van der Waals surface area contributed by atoms with Gasteiger partial charge in [-0.3, -0.25) is 4.79 Å². The van der Waals surface area contributed by atoms with Crippen LogP contribution >= 0.6 is 15.9 Å². The monoisotopic (exact) mass is 375 g/mol. The molecule has 1 aromatic rings. The number of amides is 1. The molecule has 1 aromatic carbocycles. The van der Waals surface area contributed by atoms with Crippen LogP contribution in [0.1, 0.15) is 18.9 Å². The first-order valence-electron chi connectivity index (χ1n) is 6.76. The molecule has 21 heavy (non-hydrogen) atoms. The van der Waals surface area contributed by atoms with E-state index in [4.69, 9.17) is 0 Å². The van der Waals surface area contributed by atoms with Crippen molar-refractivity contribution in [3.8, 4) is 0 Å². The highest BCUT2D eigenvalue weighted by atomic mass is 79.9. The molecule has 8 heteroatoms. The van der Waals surface area contributed by atoms with Crippen molar-refractivity contribution >= 4 is 37.5 Å². The standard InChI is InChI=1S/C13H18BrN3O3S/c1-2-15-5-6-16-21(19,20)12-8-11-9(7-10(12)14)3-4-13(18)17-11/h7-8,15-16H,2-6H2,1H3,(H,17,18). The molecule has 1 aliphatic rings. The summed E-state index contributed by atoms with van der Waals surface area (Å²) in [6, 6.07) is 3.26. The van der Waals surface area contributed by atoms with Crippen molar-refractivity contribution in [1.82, 2.24) is 10.0 Å². The molecule has 2 rings (SSSR count). The van der Waals surface area contributed by atoms with Gasteiger partial charge in [0.25, 0.3) is 0 Å². The number of aryl methyl sites for hydroxylation is 1. The van der Waals surface area contributed by atoms with Crippen LogP contribution < -0.4 is 15.4 Å². The Morgan fingerprint density at radius 3 is 2.76 bits per heavy atom. The fourth-order valence-corrected chi connectivity index (χ4v) is 4.26. The van der Waals surface area contributed by atoms with Gasteiger partial charge in [-0.1, -0.05) is 6.92 Å². The SMILES string of the molecule is CCNCCNS(=O)(=O)c1cc2c(cc1Br)CCC(=O)N2. The van der Waals surface area contributed by atoms with Crippen molar-refractivity contribution in [2.75, 3.05) is 25.0 Å². The van der Waals surface area contributed by atoms with Crippen molar-refractivity contribution in [3.63, 3.8) is 0 Å². The molecular weight excluding hydrogens is 358 g/mol. The maximum Gasteiger partial charge on any atom is 0.241 e. The average Bonchev–Trinajstić information content (AvgIpc) is 2.43. The Morgan fingerprint density at radius 1 is 1.29 bits per heavy atom. The van der Waals surface area contributed by atoms with Crippen LogP contribution in [0.4, 0.5) is 5.69 Å². The van der Waals surface area contributed by atoms with Crippen molar-refractivity contribution in [3.05, 3.63) is 22.2 Å². The summed E-state index contributed by atoms with van der Waals surface area (Å²) in [5, 5.41) is 5.76. The lowest BCUT2D eigenvalue weighted by atomic mass is 10.0. The molecule has 116 valence electrons. The van der Waals surface area contributed by atoms with Crippen LogP contribution in [0.5, 0.6) is 0 Å². The zero-order valence-electron chi connectivity index (χ0n) is 11.7.